The Morgan fingerprint density at radius 2 is 1.77 bits per heavy atom. The fourth-order valence-corrected chi connectivity index (χ4v) is 7.35. The molecule has 12 heteroatoms. The van der Waals surface area contributed by atoms with E-state index in [9.17, 15) is 4.79 Å². The van der Waals surface area contributed by atoms with E-state index in [2.05, 4.69) is 84.5 Å². The first-order chi connectivity index (χ1) is 23.6. The van der Waals surface area contributed by atoms with Crippen LogP contribution in [0.3, 0.4) is 0 Å². The molecule has 3 aromatic carbocycles. The van der Waals surface area contributed by atoms with Gasteiger partial charge in [0.15, 0.2) is 0 Å². The fraction of sp³-hybridized carbons (Fsp3) is 0.417. The molecule has 0 aliphatic carbocycles. The second-order valence-electron chi connectivity index (χ2n) is 12.7. The van der Waals surface area contributed by atoms with Crippen molar-refractivity contribution in [2.75, 3.05) is 71.5 Å². The first-order valence-electron chi connectivity index (χ1n) is 16.8. The summed E-state index contributed by atoms with van der Waals surface area (Å²) in [6.07, 6.45) is 4.45. The summed E-state index contributed by atoms with van der Waals surface area (Å²) >= 11 is 0. The molecular formula is C36H43N9O3. The molecule has 2 aliphatic heterocycles. The quantitative estimate of drug-likeness (QED) is 0.210. The van der Waals surface area contributed by atoms with Gasteiger partial charge in [0.2, 0.25) is 5.95 Å². The van der Waals surface area contributed by atoms with Crippen LogP contribution in [-0.2, 0) is 16.7 Å². The summed E-state index contributed by atoms with van der Waals surface area (Å²) in [6, 6.07) is 24.6. The molecule has 0 radical (unpaired) electrons. The molecule has 7 rings (SSSR count). The number of imidazole rings is 1. The number of tetrazole rings is 1. The Balaban J connectivity index is 1.07. The lowest BCUT2D eigenvalue weighted by molar-refractivity contribution is 0.0777. The molecule has 4 heterocycles. The Kier molecular flexibility index (Phi) is 9.35. The van der Waals surface area contributed by atoms with E-state index in [0.717, 1.165) is 75.5 Å². The molecule has 48 heavy (non-hydrogen) atoms. The van der Waals surface area contributed by atoms with Crippen LogP contribution >= 0.6 is 0 Å². The van der Waals surface area contributed by atoms with Crippen LogP contribution in [0.25, 0.3) is 16.7 Å². The molecule has 1 atom stereocenters. The predicted octanol–water partition coefficient (Wildman–Crippen LogP) is 4.05. The number of likely N-dealkylation sites (tertiary alicyclic amines) is 1. The number of carbonyl (C=O) groups excluding carboxylic acids is 1. The monoisotopic (exact) mass is 649 g/mol. The summed E-state index contributed by atoms with van der Waals surface area (Å²) in [6.45, 7) is 7.58. The van der Waals surface area contributed by atoms with Crippen molar-refractivity contribution < 1.29 is 14.3 Å². The highest BCUT2D eigenvalue weighted by Gasteiger charge is 2.42. The van der Waals surface area contributed by atoms with Crippen molar-refractivity contribution in [1.29, 1.82) is 0 Å². The molecule has 0 N–H and O–H groups in total. The number of ether oxygens (including phenoxy) is 2. The van der Waals surface area contributed by atoms with Gasteiger partial charge >= 0.3 is 0 Å². The number of rotatable bonds is 11. The second-order valence-corrected chi connectivity index (χ2v) is 12.7. The highest BCUT2D eigenvalue weighted by molar-refractivity contribution is 5.98. The number of methoxy groups -OCH3 is 2. The minimum Gasteiger partial charge on any atom is -0.496 e. The zero-order valence-corrected chi connectivity index (χ0v) is 27.7. The van der Waals surface area contributed by atoms with E-state index >= 15 is 0 Å². The van der Waals surface area contributed by atoms with Gasteiger partial charge in [-0.3, -0.25) is 4.79 Å². The first kappa shape index (κ1) is 31.8. The number of amides is 1. The van der Waals surface area contributed by atoms with Gasteiger partial charge < -0.3 is 28.7 Å². The van der Waals surface area contributed by atoms with Crippen LogP contribution in [0.5, 0.6) is 5.75 Å². The van der Waals surface area contributed by atoms with E-state index in [4.69, 9.17) is 14.5 Å². The lowest BCUT2D eigenvalue weighted by Crippen LogP contribution is -2.39. The average Bonchev–Trinajstić information content (AvgIpc) is 3.87. The molecule has 250 valence electrons. The van der Waals surface area contributed by atoms with Crippen LogP contribution in [0.1, 0.15) is 35.2 Å². The summed E-state index contributed by atoms with van der Waals surface area (Å²) in [5.74, 6) is 1.53. The van der Waals surface area contributed by atoms with Gasteiger partial charge in [0.25, 0.3) is 5.91 Å². The third-order valence-corrected chi connectivity index (χ3v) is 9.99. The zero-order chi connectivity index (χ0) is 32.9. The van der Waals surface area contributed by atoms with Crippen molar-refractivity contribution in [2.45, 2.75) is 31.2 Å². The van der Waals surface area contributed by atoms with Gasteiger partial charge in [-0.1, -0.05) is 42.5 Å². The molecule has 2 fully saturated rings. The topological polar surface area (TPSA) is 107 Å². The highest BCUT2D eigenvalue weighted by atomic mass is 16.5. The van der Waals surface area contributed by atoms with Crippen molar-refractivity contribution in [3.05, 3.63) is 90.3 Å². The number of carbonyl (C=O) groups is 1. The Hall–Kier alpha value is -4.81. The molecule has 0 spiro atoms. The summed E-state index contributed by atoms with van der Waals surface area (Å²) in [5, 5.41) is 11.5. The molecule has 2 saturated heterocycles. The molecule has 2 aromatic heterocycles. The van der Waals surface area contributed by atoms with Crippen molar-refractivity contribution in [1.82, 2.24) is 39.6 Å². The van der Waals surface area contributed by atoms with E-state index < -0.39 is 0 Å². The van der Waals surface area contributed by atoms with E-state index in [1.165, 1.54) is 11.9 Å². The van der Waals surface area contributed by atoms with Gasteiger partial charge in [-0.15, -0.1) is 5.10 Å². The SMILES string of the molecule is COCCn1c(N2CCCN(CCC3(c4ccccc4)CCN(C(=O)c4cc(-n5cnnn5)ccc4OC)C3)CC2)nc2ccccc21. The van der Waals surface area contributed by atoms with Crippen LogP contribution in [0.4, 0.5) is 5.95 Å². The average molecular weight is 650 g/mol. The lowest BCUT2D eigenvalue weighted by atomic mass is 9.76. The number of aromatic nitrogens is 6. The predicted molar refractivity (Wildman–Crippen MR) is 184 cm³/mol. The lowest BCUT2D eigenvalue weighted by Gasteiger charge is -2.33. The number of nitrogens with zero attached hydrogens (tertiary/aromatic N) is 9. The van der Waals surface area contributed by atoms with Gasteiger partial charge in [0, 0.05) is 51.8 Å². The number of hydrogen-bond donors (Lipinski definition) is 0. The minimum absolute atomic E-state index is 0.0404. The second kappa shape index (κ2) is 14.1. The van der Waals surface area contributed by atoms with Crippen molar-refractivity contribution >= 4 is 22.9 Å². The van der Waals surface area contributed by atoms with Crippen LogP contribution < -0.4 is 9.64 Å². The number of anilines is 1. The summed E-state index contributed by atoms with van der Waals surface area (Å²) in [7, 11) is 3.34. The highest BCUT2D eigenvalue weighted by Crippen LogP contribution is 2.39. The standard InChI is InChI=1S/C36H43N9O3/c1-47-24-23-44-32-12-7-6-11-31(32)38-35(44)42-18-8-17-41(21-22-42)19-15-36(28-9-4-3-5-10-28)16-20-43(26-36)34(46)30-25-29(13-14-33(30)48-2)45-27-37-39-40-45/h3-7,9-14,25,27H,8,15-24,26H2,1-2H3. The summed E-state index contributed by atoms with van der Waals surface area (Å²) in [5.41, 5.74) is 4.54. The normalized spacial score (nSPS) is 18.8. The summed E-state index contributed by atoms with van der Waals surface area (Å²) < 4.78 is 14.9. The minimum atomic E-state index is -0.141. The molecule has 1 amide bonds. The molecule has 0 bridgehead atoms. The third-order valence-electron chi connectivity index (χ3n) is 9.99. The van der Waals surface area contributed by atoms with Crippen LogP contribution in [0.15, 0.2) is 79.1 Å². The van der Waals surface area contributed by atoms with E-state index in [0.29, 0.717) is 36.7 Å². The third kappa shape index (κ3) is 6.37. The number of hydrogen-bond acceptors (Lipinski definition) is 9. The number of para-hydroxylation sites is 2. The first-order valence-corrected chi connectivity index (χ1v) is 16.8. The molecule has 0 saturated carbocycles. The van der Waals surface area contributed by atoms with E-state index in [-0.39, 0.29) is 11.3 Å². The van der Waals surface area contributed by atoms with Crippen molar-refractivity contribution in [3.63, 3.8) is 0 Å². The number of benzene rings is 3. The number of fused-ring (bicyclic) bond motifs is 1. The molecule has 1 unspecified atom stereocenters. The van der Waals surface area contributed by atoms with Gasteiger partial charge in [0.05, 0.1) is 36.0 Å². The van der Waals surface area contributed by atoms with Crippen molar-refractivity contribution in [2.24, 2.45) is 0 Å². The largest absolute Gasteiger partial charge is 0.496 e. The van der Waals surface area contributed by atoms with E-state index in [1.807, 2.05) is 17.0 Å². The summed E-state index contributed by atoms with van der Waals surface area (Å²) in [4.78, 5) is 26.2. The van der Waals surface area contributed by atoms with Crippen LogP contribution in [0.2, 0.25) is 0 Å². The van der Waals surface area contributed by atoms with Gasteiger partial charge in [0.1, 0.15) is 12.1 Å². The van der Waals surface area contributed by atoms with Crippen LogP contribution in [0, 0.1) is 0 Å². The Bertz CT molecular complexity index is 1830. The maximum absolute atomic E-state index is 14.1. The Morgan fingerprint density at radius 1 is 0.917 bits per heavy atom. The van der Waals surface area contributed by atoms with Crippen LogP contribution in [-0.4, -0.2) is 112 Å². The molecule has 2 aliphatic rings. The maximum Gasteiger partial charge on any atom is 0.257 e. The Labute approximate surface area is 280 Å². The van der Waals surface area contributed by atoms with E-state index in [1.54, 1.807) is 25.0 Å². The molecule has 5 aromatic rings. The van der Waals surface area contributed by atoms with Crippen molar-refractivity contribution in [3.8, 4) is 11.4 Å². The maximum atomic E-state index is 14.1. The molecule has 12 nitrogen and oxygen atoms in total. The molecular weight excluding hydrogens is 606 g/mol. The smallest absolute Gasteiger partial charge is 0.257 e. The van der Waals surface area contributed by atoms with Gasteiger partial charge in [-0.2, -0.15) is 0 Å². The zero-order valence-electron chi connectivity index (χ0n) is 27.7. The van der Waals surface area contributed by atoms with Gasteiger partial charge in [-0.25, -0.2) is 9.67 Å². The Morgan fingerprint density at radius 3 is 2.58 bits per heavy atom. The van der Waals surface area contributed by atoms with Gasteiger partial charge in [-0.05, 0) is 78.7 Å². The fourth-order valence-electron chi connectivity index (χ4n) is 7.35.